The van der Waals surface area contributed by atoms with Gasteiger partial charge in [-0.1, -0.05) is 11.6 Å². The highest BCUT2D eigenvalue weighted by molar-refractivity contribution is 6.31. The maximum atomic E-state index is 6.39. The third-order valence-corrected chi connectivity index (χ3v) is 4.48. The molecule has 0 aliphatic carbocycles. The van der Waals surface area contributed by atoms with E-state index >= 15 is 0 Å². The summed E-state index contributed by atoms with van der Waals surface area (Å²) in [5.74, 6) is 2.20. The van der Waals surface area contributed by atoms with E-state index in [9.17, 15) is 0 Å². The number of nitrogens with zero attached hydrogens (tertiary/aromatic N) is 2. The van der Waals surface area contributed by atoms with Gasteiger partial charge in [-0.3, -0.25) is 0 Å². The second-order valence-electron chi connectivity index (χ2n) is 6.14. The lowest BCUT2D eigenvalue weighted by atomic mass is 10.1. The van der Waals surface area contributed by atoms with Crippen LogP contribution in [-0.2, 0) is 6.54 Å². The number of rotatable bonds is 7. The lowest BCUT2D eigenvalue weighted by molar-refractivity contribution is 0.266. The summed E-state index contributed by atoms with van der Waals surface area (Å²) in [6, 6.07) is 3.85. The van der Waals surface area contributed by atoms with Crippen LogP contribution in [0.2, 0.25) is 5.02 Å². The Kier molecular flexibility index (Phi) is 6.36. The number of hydrogen-bond acceptors (Lipinski definition) is 4. The molecule has 1 aromatic carbocycles. The molecule has 124 valence electrons. The van der Waals surface area contributed by atoms with E-state index in [1.54, 1.807) is 7.11 Å². The first-order valence-corrected chi connectivity index (χ1v) is 8.27. The lowest BCUT2D eigenvalue weighted by Crippen LogP contribution is -2.27. The minimum absolute atomic E-state index is 0.613. The van der Waals surface area contributed by atoms with Crippen LogP contribution >= 0.6 is 11.6 Å². The van der Waals surface area contributed by atoms with Crippen LogP contribution in [0.3, 0.4) is 0 Å². The Bertz CT molecular complexity index is 496. The monoisotopic (exact) mass is 326 g/mol. The van der Waals surface area contributed by atoms with Gasteiger partial charge in [-0.25, -0.2) is 0 Å². The van der Waals surface area contributed by atoms with Gasteiger partial charge in [-0.15, -0.1) is 0 Å². The largest absolute Gasteiger partial charge is 0.493 e. The van der Waals surface area contributed by atoms with E-state index in [1.165, 1.54) is 19.5 Å². The number of halogens is 1. The SMILES string of the molecule is CCOc1cc(CN(C)C[C@@H]2CCN(C)C2)c(Cl)cc1OC. The van der Waals surface area contributed by atoms with Gasteiger partial charge in [0.15, 0.2) is 11.5 Å². The summed E-state index contributed by atoms with van der Waals surface area (Å²) >= 11 is 6.39. The van der Waals surface area contributed by atoms with Gasteiger partial charge in [0.25, 0.3) is 0 Å². The first kappa shape index (κ1) is 17.4. The van der Waals surface area contributed by atoms with Crippen molar-refractivity contribution in [2.24, 2.45) is 5.92 Å². The first-order valence-electron chi connectivity index (χ1n) is 7.89. The van der Waals surface area contributed by atoms with Crippen molar-refractivity contribution in [1.29, 1.82) is 0 Å². The standard InChI is InChI=1S/C17H27ClN2O2/c1-5-22-17-8-14(15(18)9-16(17)21-4)12-20(3)11-13-6-7-19(2)10-13/h8-9,13H,5-7,10-12H2,1-4H3/t13-/m1/s1. The van der Waals surface area contributed by atoms with Crippen LogP contribution in [0.4, 0.5) is 0 Å². The van der Waals surface area contributed by atoms with Crippen molar-refractivity contribution >= 4 is 11.6 Å². The molecule has 0 bridgehead atoms. The zero-order valence-corrected chi connectivity index (χ0v) is 14.8. The molecule has 0 amide bonds. The molecule has 1 heterocycles. The Balaban J connectivity index is 2.03. The van der Waals surface area contributed by atoms with Gasteiger partial charge in [0, 0.05) is 30.7 Å². The fraction of sp³-hybridized carbons (Fsp3) is 0.647. The highest BCUT2D eigenvalue weighted by Crippen LogP contribution is 2.34. The molecule has 5 heteroatoms. The van der Waals surface area contributed by atoms with Gasteiger partial charge in [-0.05, 0) is 51.5 Å². The van der Waals surface area contributed by atoms with Gasteiger partial charge in [0.05, 0.1) is 13.7 Å². The molecule has 0 aromatic heterocycles. The predicted octanol–water partition coefficient (Wildman–Crippen LogP) is 3.13. The molecule has 0 saturated carbocycles. The van der Waals surface area contributed by atoms with Crippen molar-refractivity contribution in [2.45, 2.75) is 19.9 Å². The summed E-state index contributed by atoms with van der Waals surface area (Å²) < 4.78 is 11.0. The Morgan fingerprint density at radius 3 is 2.73 bits per heavy atom. The first-order chi connectivity index (χ1) is 10.5. The van der Waals surface area contributed by atoms with Crippen LogP contribution in [0.5, 0.6) is 11.5 Å². The third-order valence-electron chi connectivity index (χ3n) is 4.13. The van der Waals surface area contributed by atoms with E-state index in [1.807, 2.05) is 19.1 Å². The van der Waals surface area contributed by atoms with Gasteiger partial charge < -0.3 is 19.3 Å². The van der Waals surface area contributed by atoms with Crippen LogP contribution in [0.25, 0.3) is 0 Å². The number of benzene rings is 1. The minimum atomic E-state index is 0.613. The smallest absolute Gasteiger partial charge is 0.162 e. The average Bonchev–Trinajstić information content (AvgIpc) is 2.87. The molecular formula is C17H27ClN2O2. The molecule has 0 spiro atoms. The van der Waals surface area contributed by atoms with Crippen molar-refractivity contribution in [2.75, 3.05) is 47.4 Å². The molecule has 1 aliphatic rings. The Labute approximate surface area is 138 Å². The van der Waals surface area contributed by atoms with Crippen molar-refractivity contribution in [3.63, 3.8) is 0 Å². The summed E-state index contributed by atoms with van der Waals surface area (Å²) in [4.78, 5) is 4.74. The van der Waals surface area contributed by atoms with Crippen molar-refractivity contribution in [3.05, 3.63) is 22.7 Å². The molecule has 0 radical (unpaired) electrons. The van der Waals surface area contributed by atoms with Gasteiger partial charge in [0.2, 0.25) is 0 Å². The summed E-state index contributed by atoms with van der Waals surface area (Å²) in [7, 11) is 5.98. The Morgan fingerprint density at radius 2 is 2.14 bits per heavy atom. The Morgan fingerprint density at radius 1 is 1.36 bits per heavy atom. The van der Waals surface area contributed by atoms with E-state index < -0.39 is 0 Å². The van der Waals surface area contributed by atoms with E-state index in [0.29, 0.717) is 12.4 Å². The zero-order chi connectivity index (χ0) is 16.1. The molecule has 1 atom stereocenters. The molecule has 1 fully saturated rings. The fourth-order valence-corrected chi connectivity index (χ4v) is 3.31. The fourth-order valence-electron chi connectivity index (χ4n) is 3.10. The van der Waals surface area contributed by atoms with E-state index in [0.717, 1.165) is 35.3 Å². The topological polar surface area (TPSA) is 24.9 Å². The molecule has 1 saturated heterocycles. The maximum absolute atomic E-state index is 6.39. The van der Waals surface area contributed by atoms with E-state index in [2.05, 4.69) is 23.9 Å². The molecule has 1 aromatic rings. The summed E-state index contributed by atoms with van der Waals surface area (Å²) in [6.07, 6.45) is 1.28. The number of hydrogen-bond donors (Lipinski definition) is 0. The van der Waals surface area contributed by atoms with Crippen LogP contribution in [0.15, 0.2) is 12.1 Å². The average molecular weight is 327 g/mol. The van der Waals surface area contributed by atoms with Crippen LogP contribution in [0, 0.1) is 5.92 Å². The highest BCUT2D eigenvalue weighted by Gasteiger charge is 2.21. The predicted molar refractivity (Wildman–Crippen MR) is 91.1 cm³/mol. The van der Waals surface area contributed by atoms with Gasteiger partial charge >= 0.3 is 0 Å². The Hall–Kier alpha value is -0.970. The van der Waals surface area contributed by atoms with Crippen LogP contribution in [-0.4, -0.2) is 57.2 Å². The minimum Gasteiger partial charge on any atom is -0.493 e. The summed E-state index contributed by atoms with van der Waals surface area (Å²) in [5, 5.41) is 0.732. The molecular weight excluding hydrogens is 300 g/mol. The highest BCUT2D eigenvalue weighted by atomic mass is 35.5. The molecule has 0 unspecified atom stereocenters. The summed E-state index contributed by atoms with van der Waals surface area (Å²) in [6.45, 7) is 6.89. The number of ether oxygens (including phenoxy) is 2. The third kappa shape index (κ3) is 4.51. The maximum Gasteiger partial charge on any atom is 0.162 e. The lowest BCUT2D eigenvalue weighted by Gasteiger charge is -2.22. The van der Waals surface area contributed by atoms with Gasteiger partial charge in [0.1, 0.15) is 0 Å². The molecule has 4 nitrogen and oxygen atoms in total. The molecule has 0 N–H and O–H groups in total. The van der Waals surface area contributed by atoms with Crippen molar-refractivity contribution in [3.8, 4) is 11.5 Å². The normalized spacial score (nSPS) is 18.9. The number of likely N-dealkylation sites (tertiary alicyclic amines) is 1. The quantitative estimate of drug-likeness (QED) is 0.768. The van der Waals surface area contributed by atoms with E-state index in [-0.39, 0.29) is 0 Å². The van der Waals surface area contributed by atoms with Crippen LogP contribution in [0.1, 0.15) is 18.9 Å². The molecule has 22 heavy (non-hydrogen) atoms. The van der Waals surface area contributed by atoms with Crippen LogP contribution < -0.4 is 9.47 Å². The second-order valence-corrected chi connectivity index (χ2v) is 6.55. The second kappa shape index (κ2) is 8.04. The molecule has 2 rings (SSSR count). The summed E-state index contributed by atoms with van der Waals surface area (Å²) in [5.41, 5.74) is 1.08. The zero-order valence-electron chi connectivity index (χ0n) is 14.1. The van der Waals surface area contributed by atoms with Crippen molar-refractivity contribution < 1.29 is 9.47 Å². The molecule has 1 aliphatic heterocycles. The van der Waals surface area contributed by atoms with E-state index in [4.69, 9.17) is 21.1 Å². The van der Waals surface area contributed by atoms with Gasteiger partial charge in [-0.2, -0.15) is 0 Å². The van der Waals surface area contributed by atoms with Crippen molar-refractivity contribution in [1.82, 2.24) is 9.80 Å². The number of methoxy groups -OCH3 is 1.